The number of benzene rings is 1. The Balaban J connectivity index is 1.53. The van der Waals surface area contributed by atoms with Gasteiger partial charge < -0.3 is 15.4 Å². The van der Waals surface area contributed by atoms with E-state index in [0.717, 1.165) is 6.07 Å². The summed E-state index contributed by atoms with van der Waals surface area (Å²) in [6.07, 6.45) is 1.79. The van der Waals surface area contributed by atoms with Crippen LogP contribution in [-0.4, -0.2) is 30.2 Å². The summed E-state index contributed by atoms with van der Waals surface area (Å²) in [5, 5.41) is 14.7. The molecule has 2 bridgehead atoms. The molecule has 0 spiro atoms. The number of rotatable bonds is 3. The van der Waals surface area contributed by atoms with Gasteiger partial charge in [0.25, 0.3) is 0 Å². The first-order valence-electron chi connectivity index (χ1n) is 7.99. The lowest BCUT2D eigenvalue weighted by Crippen LogP contribution is -2.46. The third-order valence-corrected chi connectivity index (χ3v) is 5.17. The highest BCUT2D eigenvalue weighted by Gasteiger charge is 2.53. The summed E-state index contributed by atoms with van der Waals surface area (Å²) < 4.78 is 18.9. The molecule has 7 heteroatoms. The van der Waals surface area contributed by atoms with Crippen molar-refractivity contribution in [2.45, 2.75) is 49.3 Å². The molecule has 1 heterocycles. The maximum absolute atomic E-state index is 13.7. The van der Waals surface area contributed by atoms with Crippen LogP contribution in [0.1, 0.15) is 36.8 Å². The van der Waals surface area contributed by atoms with Gasteiger partial charge in [-0.15, -0.1) is 0 Å². The smallest absolute Gasteiger partial charge is 0.407 e. The number of ether oxygens (including phenoxy) is 1. The van der Waals surface area contributed by atoms with Crippen molar-refractivity contribution in [1.82, 2.24) is 10.6 Å². The van der Waals surface area contributed by atoms with Gasteiger partial charge in [-0.1, -0.05) is 0 Å². The highest BCUT2D eigenvalue weighted by Crippen LogP contribution is 2.49. The Bertz CT molecular complexity index is 769. The first-order chi connectivity index (χ1) is 11.5. The first-order valence-corrected chi connectivity index (χ1v) is 7.99. The zero-order chi connectivity index (χ0) is 16.9. The lowest BCUT2D eigenvalue weighted by Gasteiger charge is -2.24. The third kappa shape index (κ3) is 2.39. The number of carbonyl (C=O) groups excluding carboxylic acids is 2. The molecule has 2 aliphatic carbocycles. The number of nitrogens with one attached hydrogen (secondary N) is 2. The number of halogens is 1. The van der Waals surface area contributed by atoms with Crippen molar-refractivity contribution in [2.24, 2.45) is 0 Å². The third-order valence-electron chi connectivity index (χ3n) is 5.17. The molecule has 1 saturated heterocycles. The van der Waals surface area contributed by atoms with E-state index in [0.29, 0.717) is 31.2 Å². The monoisotopic (exact) mass is 329 g/mol. The van der Waals surface area contributed by atoms with Crippen LogP contribution in [0, 0.1) is 17.1 Å². The van der Waals surface area contributed by atoms with Gasteiger partial charge in [0, 0.05) is 12.5 Å². The number of hydrogen-bond donors (Lipinski definition) is 2. The minimum Gasteiger partial charge on any atom is -0.444 e. The quantitative estimate of drug-likeness (QED) is 0.879. The van der Waals surface area contributed by atoms with E-state index in [-0.39, 0.29) is 29.7 Å². The minimum absolute atomic E-state index is 0.0241. The van der Waals surface area contributed by atoms with Crippen LogP contribution >= 0.6 is 0 Å². The molecule has 2 amide bonds. The number of carbonyl (C=O) groups is 2. The predicted molar refractivity (Wildman–Crippen MR) is 80.4 cm³/mol. The molecule has 1 aromatic rings. The van der Waals surface area contributed by atoms with E-state index in [1.165, 1.54) is 6.07 Å². The van der Waals surface area contributed by atoms with Crippen molar-refractivity contribution in [3.63, 3.8) is 0 Å². The lowest BCUT2D eigenvalue weighted by atomic mass is 9.93. The number of amides is 2. The molecule has 0 aromatic heterocycles. The molecule has 3 fully saturated rings. The van der Waals surface area contributed by atoms with Crippen LogP contribution in [0.3, 0.4) is 0 Å². The van der Waals surface area contributed by atoms with Gasteiger partial charge in [-0.3, -0.25) is 4.79 Å². The van der Waals surface area contributed by atoms with Crippen molar-refractivity contribution >= 4 is 12.0 Å². The Morgan fingerprint density at radius 3 is 2.88 bits per heavy atom. The van der Waals surface area contributed by atoms with Gasteiger partial charge in [0.05, 0.1) is 23.1 Å². The normalized spacial score (nSPS) is 29.2. The van der Waals surface area contributed by atoms with Crippen LogP contribution in [0.5, 0.6) is 0 Å². The molecular weight excluding hydrogens is 313 g/mol. The molecule has 2 N–H and O–H groups in total. The SMILES string of the molecule is N#Cc1cc(F)cc(C2(C(=O)N[C@@H]3C[C@@H]4C[C@H]3OC(=O)N4)CC2)c1. The fourth-order valence-corrected chi connectivity index (χ4v) is 3.75. The Morgan fingerprint density at radius 1 is 1.38 bits per heavy atom. The van der Waals surface area contributed by atoms with Gasteiger partial charge in [-0.2, -0.15) is 5.26 Å². The summed E-state index contributed by atoms with van der Waals surface area (Å²) in [7, 11) is 0. The Morgan fingerprint density at radius 2 is 2.17 bits per heavy atom. The first kappa shape index (κ1) is 14.9. The molecule has 24 heavy (non-hydrogen) atoms. The summed E-state index contributed by atoms with van der Waals surface area (Å²) in [6.45, 7) is 0. The highest BCUT2D eigenvalue weighted by molar-refractivity contribution is 5.91. The summed E-state index contributed by atoms with van der Waals surface area (Å²) >= 11 is 0. The summed E-state index contributed by atoms with van der Waals surface area (Å²) in [4.78, 5) is 24.2. The van der Waals surface area contributed by atoms with Crippen LogP contribution in [0.4, 0.5) is 9.18 Å². The van der Waals surface area contributed by atoms with Gasteiger partial charge >= 0.3 is 6.09 Å². The van der Waals surface area contributed by atoms with Crippen LogP contribution in [0.25, 0.3) is 0 Å². The molecule has 2 saturated carbocycles. The zero-order valence-corrected chi connectivity index (χ0v) is 12.8. The van der Waals surface area contributed by atoms with Gasteiger partial charge in [0.2, 0.25) is 5.91 Å². The Kier molecular flexibility index (Phi) is 3.23. The largest absolute Gasteiger partial charge is 0.444 e. The van der Waals surface area contributed by atoms with Crippen molar-refractivity contribution in [2.75, 3.05) is 0 Å². The van der Waals surface area contributed by atoms with E-state index in [9.17, 15) is 14.0 Å². The maximum atomic E-state index is 13.7. The standard InChI is InChI=1S/C17H16FN3O3/c18-11-4-9(8-19)3-10(5-11)17(1-2-17)15(22)21-13-6-12-7-14(13)24-16(23)20-12/h3-5,12-14H,1-2,6-7H2,(H,20,23)(H,21,22)/t12-,13-,14-/m1/s1. The van der Waals surface area contributed by atoms with Crippen LogP contribution in [0.2, 0.25) is 0 Å². The second kappa shape index (κ2) is 5.20. The fourth-order valence-electron chi connectivity index (χ4n) is 3.75. The second-order valence-electron chi connectivity index (χ2n) is 6.76. The van der Waals surface area contributed by atoms with Gasteiger partial charge in [0.15, 0.2) is 0 Å². The second-order valence-corrected chi connectivity index (χ2v) is 6.76. The molecule has 4 rings (SSSR count). The molecule has 124 valence electrons. The molecule has 3 aliphatic rings. The van der Waals surface area contributed by atoms with E-state index in [1.807, 2.05) is 6.07 Å². The molecule has 0 unspecified atom stereocenters. The van der Waals surface area contributed by atoms with E-state index >= 15 is 0 Å². The van der Waals surface area contributed by atoms with E-state index in [1.54, 1.807) is 6.07 Å². The maximum Gasteiger partial charge on any atom is 0.407 e. The van der Waals surface area contributed by atoms with Crippen LogP contribution < -0.4 is 10.6 Å². The van der Waals surface area contributed by atoms with E-state index in [4.69, 9.17) is 10.00 Å². The average Bonchev–Trinajstić information content (AvgIpc) is 3.30. The molecule has 1 aliphatic heterocycles. The zero-order valence-electron chi connectivity index (χ0n) is 12.8. The molecule has 0 radical (unpaired) electrons. The lowest BCUT2D eigenvalue weighted by molar-refractivity contribution is -0.125. The van der Waals surface area contributed by atoms with Crippen LogP contribution in [-0.2, 0) is 14.9 Å². The molecular formula is C17H16FN3O3. The Hall–Kier alpha value is -2.62. The van der Waals surface area contributed by atoms with Crippen molar-refractivity contribution < 1.29 is 18.7 Å². The highest BCUT2D eigenvalue weighted by atomic mass is 19.1. The average molecular weight is 329 g/mol. The molecule has 3 atom stereocenters. The fraction of sp³-hybridized carbons (Fsp3) is 0.471. The number of nitrogens with zero attached hydrogens (tertiary/aromatic N) is 1. The summed E-state index contributed by atoms with van der Waals surface area (Å²) in [5.41, 5.74) is -0.0338. The van der Waals surface area contributed by atoms with Gasteiger partial charge in [-0.25, -0.2) is 9.18 Å². The van der Waals surface area contributed by atoms with Crippen molar-refractivity contribution in [3.05, 3.63) is 35.1 Å². The van der Waals surface area contributed by atoms with E-state index in [2.05, 4.69) is 10.6 Å². The number of nitriles is 1. The predicted octanol–water partition coefficient (Wildman–Crippen LogP) is 1.48. The topological polar surface area (TPSA) is 91.2 Å². The Labute approximate surface area is 138 Å². The summed E-state index contributed by atoms with van der Waals surface area (Å²) in [5.74, 6) is -0.705. The number of fused-ring (bicyclic) bond motifs is 2. The van der Waals surface area contributed by atoms with E-state index < -0.39 is 17.3 Å². The van der Waals surface area contributed by atoms with Gasteiger partial charge in [0.1, 0.15) is 11.9 Å². The van der Waals surface area contributed by atoms with Gasteiger partial charge in [-0.05, 0) is 43.0 Å². The van der Waals surface area contributed by atoms with Crippen LogP contribution in [0.15, 0.2) is 18.2 Å². The number of hydrogen-bond acceptors (Lipinski definition) is 4. The summed E-state index contributed by atoms with van der Waals surface area (Å²) in [6, 6.07) is 5.76. The van der Waals surface area contributed by atoms with Crippen molar-refractivity contribution in [3.8, 4) is 6.07 Å². The molecule has 1 aromatic carbocycles. The minimum atomic E-state index is -0.776. The molecule has 6 nitrogen and oxygen atoms in total. The number of alkyl carbamates (subject to hydrolysis) is 1. The van der Waals surface area contributed by atoms with Crippen molar-refractivity contribution in [1.29, 1.82) is 5.26 Å².